The minimum atomic E-state index is 0.451. The molecule has 5 heteroatoms. The maximum absolute atomic E-state index is 5.25. The summed E-state index contributed by atoms with van der Waals surface area (Å²) in [7, 11) is 1.68. The molecule has 26 heavy (non-hydrogen) atoms. The number of hydrogen-bond donors (Lipinski definition) is 0. The lowest BCUT2D eigenvalue weighted by atomic mass is 9.99. The van der Waals surface area contributed by atoms with Gasteiger partial charge in [0.1, 0.15) is 5.75 Å². The van der Waals surface area contributed by atoms with E-state index in [1.54, 1.807) is 7.11 Å². The van der Waals surface area contributed by atoms with Gasteiger partial charge in [-0.25, -0.2) is 9.50 Å². The zero-order valence-corrected chi connectivity index (χ0v) is 14.9. The lowest BCUT2D eigenvalue weighted by Gasteiger charge is -2.35. The summed E-state index contributed by atoms with van der Waals surface area (Å²) in [5, 5.41) is 4.89. The summed E-state index contributed by atoms with van der Waals surface area (Å²) >= 11 is 0. The van der Waals surface area contributed by atoms with Gasteiger partial charge in [-0.2, -0.15) is 5.10 Å². The van der Waals surface area contributed by atoms with Crippen LogP contribution in [0.2, 0.25) is 0 Å². The van der Waals surface area contributed by atoms with Gasteiger partial charge in [-0.3, -0.25) is 4.90 Å². The topological polar surface area (TPSA) is 42.7 Å². The van der Waals surface area contributed by atoms with E-state index in [0.29, 0.717) is 12.1 Å². The van der Waals surface area contributed by atoms with Crippen LogP contribution in [-0.4, -0.2) is 39.2 Å². The number of rotatable bonds is 4. The van der Waals surface area contributed by atoms with E-state index < -0.39 is 0 Å². The number of hydrogen-bond acceptors (Lipinski definition) is 4. The van der Waals surface area contributed by atoms with Crippen molar-refractivity contribution in [3.63, 3.8) is 0 Å². The summed E-state index contributed by atoms with van der Waals surface area (Å²) in [6.07, 6.45) is 7.54. The van der Waals surface area contributed by atoms with Crippen molar-refractivity contribution in [2.75, 3.05) is 13.7 Å². The van der Waals surface area contributed by atoms with Crippen LogP contribution in [0.15, 0.2) is 49.2 Å². The highest BCUT2D eigenvalue weighted by atomic mass is 16.5. The fraction of sp³-hybridized carbons (Fsp3) is 0.333. The Morgan fingerprint density at radius 2 is 2.12 bits per heavy atom. The summed E-state index contributed by atoms with van der Waals surface area (Å²) in [6, 6.07) is 11.1. The van der Waals surface area contributed by atoms with Crippen molar-refractivity contribution >= 4 is 5.65 Å². The number of fused-ring (bicyclic) bond motifs is 6. The van der Waals surface area contributed by atoms with Crippen LogP contribution < -0.4 is 4.74 Å². The van der Waals surface area contributed by atoms with Crippen molar-refractivity contribution in [2.24, 2.45) is 0 Å². The first-order chi connectivity index (χ1) is 12.8. The first kappa shape index (κ1) is 15.6. The van der Waals surface area contributed by atoms with Crippen LogP contribution in [0.25, 0.3) is 16.9 Å². The van der Waals surface area contributed by atoms with Gasteiger partial charge >= 0.3 is 0 Å². The summed E-state index contributed by atoms with van der Waals surface area (Å²) in [6.45, 7) is 4.87. The van der Waals surface area contributed by atoms with Crippen LogP contribution >= 0.6 is 0 Å². The van der Waals surface area contributed by atoms with Crippen molar-refractivity contribution in [2.45, 2.75) is 31.3 Å². The average Bonchev–Trinajstić information content (AvgIpc) is 3.23. The molecule has 2 aromatic heterocycles. The molecule has 1 fully saturated rings. The fourth-order valence-electron chi connectivity index (χ4n) is 4.52. The van der Waals surface area contributed by atoms with Gasteiger partial charge in [0.2, 0.25) is 0 Å². The summed E-state index contributed by atoms with van der Waals surface area (Å²) in [5.74, 6) is 0.854. The second-order valence-electron chi connectivity index (χ2n) is 7.12. The van der Waals surface area contributed by atoms with Crippen LogP contribution in [0.4, 0.5) is 0 Å². The Bertz CT molecular complexity index is 976. The number of benzene rings is 1. The molecule has 0 unspecified atom stereocenters. The molecule has 0 saturated carbocycles. The van der Waals surface area contributed by atoms with Crippen molar-refractivity contribution in [1.82, 2.24) is 19.5 Å². The summed E-state index contributed by atoms with van der Waals surface area (Å²) in [5.41, 5.74) is 5.61. The van der Waals surface area contributed by atoms with E-state index in [9.17, 15) is 0 Å². The van der Waals surface area contributed by atoms with E-state index in [2.05, 4.69) is 28.3 Å². The van der Waals surface area contributed by atoms with Crippen LogP contribution in [0.5, 0.6) is 5.75 Å². The Morgan fingerprint density at radius 3 is 2.88 bits per heavy atom. The van der Waals surface area contributed by atoms with Gasteiger partial charge in [0, 0.05) is 48.4 Å². The Labute approximate surface area is 152 Å². The molecule has 4 heterocycles. The normalized spacial score (nSPS) is 21.7. The van der Waals surface area contributed by atoms with Crippen LogP contribution in [0.3, 0.4) is 0 Å². The molecule has 0 spiro atoms. The maximum atomic E-state index is 5.25. The third-order valence-electron chi connectivity index (χ3n) is 5.77. The predicted molar refractivity (Wildman–Crippen MR) is 101 cm³/mol. The zero-order chi connectivity index (χ0) is 17.7. The molecule has 2 aliphatic rings. The number of ether oxygens (including phenoxy) is 1. The van der Waals surface area contributed by atoms with E-state index in [4.69, 9.17) is 14.8 Å². The summed E-state index contributed by atoms with van der Waals surface area (Å²) in [4.78, 5) is 7.28. The van der Waals surface area contributed by atoms with Gasteiger partial charge in [-0.05, 0) is 37.1 Å². The molecular formula is C21H22N4O. The smallest absolute Gasteiger partial charge is 0.155 e. The van der Waals surface area contributed by atoms with Gasteiger partial charge in [0.15, 0.2) is 5.65 Å². The molecular weight excluding hydrogens is 324 g/mol. The molecule has 132 valence electrons. The third-order valence-corrected chi connectivity index (χ3v) is 5.77. The van der Waals surface area contributed by atoms with Crippen molar-refractivity contribution in [3.8, 4) is 17.0 Å². The third kappa shape index (κ3) is 2.27. The monoisotopic (exact) mass is 346 g/mol. The summed E-state index contributed by atoms with van der Waals surface area (Å²) < 4.78 is 7.31. The van der Waals surface area contributed by atoms with E-state index >= 15 is 0 Å². The highest BCUT2D eigenvalue weighted by Crippen LogP contribution is 2.43. The van der Waals surface area contributed by atoms with E-state index in [-0.39, 0.29) is 0 Å². The minimum absolute atomic E-state index is 0.451. The molecule has 1 aromatic carbocycles. The Balaban J connectivity index is 1.58. The van der Waals surface area contributed by atoms with E-state index in [1.807, 2.05) is 30.3 Å². The Morgan fingerprint density at radius 1 is 1.27 bits per heavy atom. The Hall–Kier alpha value is -2.66. The molecule has 2 aliphatic heterocycles. The zero-order valence-electron chi connectivity index (χ0n) is 14.9. The van der Waals surface area contributed by atoms with Gasteiger partial charge in [-0.1, -0.05) is 6.08 Å². The number of aromatic nitrogens is 3. The molecule has 2 atom stereocenters. The fourth-order valence-corrected chi connectivity index (χ4v) is 4.52. The van der Waals surface area contributed by atoms with E-state index in [1.165, 1.54) is 24.1 Å². The van der Waals surface area contributed by atoms with Crippen molar-refractivity contribution in [1.29, 1.82) is 0 Å². The number of methoxy groups -OCH3 is 1. The lowest BCUT2D eigenvalue weighted by Crippen LogP contribution is -2.38. The highest BCUT2D eigenvalue weighted by Gasteiger charge is 2.40. The van der Waals surface area contributed by atoms with Crippen molar-refractivity contribution in [3.05, 3.63) is 60.4 Å². The maximum Gasteiger partial charge on any atom is 0.155 e. The van der Waals surface area contributed by atoms with Gasteiger partial charge in [0.05, 0.1) is 18.5 Å². The molecule has 0 amide bonds. The lowest BCUT2D eigenvalue weighted by molar-refractivity contribution is 0.195. The van der Waals surface area contributed by atoms with Gasteiger partial charge in [-0.15, -0.1) is 6.58 Å². The second-order valence-corrected chi connectivity index (χ2v) is 7.12. The molecule has 5 nitrogen and oxygen atoms in total. The first-order valence-corrected chi connectivity index (χ1v) is 9.17. The van der Waals surface area contributed by atoms with E-state index in [0.717, 1.165) is 35.6 Å². The highest BCUT2D eigenvalue weighted by molar-refractivity contribution is 5.65. The molecule has 0 aliphatic carbocycles. The molecule has 1 saturated heterocycles. The molecule has 5 rings (SSSR count). The largest absolute Gasteiger partial charge is 0.497 e. The first-order valence-electron chi connectivity index (χ1n) is 9.17. The van der Waals surface area contributed by atoms with Gasteiger partial charge in [0.25, 0.3) is 0 Å². The average molecular weight is 346 g/mol. The quantitative estimate of drug-likeness (QED) is 0.676. The SMILES string of the molecule is C=CCN1[C@H]2CC[C@H]1c1cnc3cc(-c4ccc(OC)cc4)nn3c1C2. The van der Waals surface area contributed by atoms with Crippen LogP contribution in [0, 0.1) is 0 Å². The molecule has 3 aromatic rings. The standard InChI is InChI=1S/C21H22N4O/c1-3-10-24-15-6-9-19(24)17-13-22-21-12-18(23-25(21)20(17)11-15)14-4-7-16(26-2)8-5-14/h3-5,7-8,12-13,15,19H,1,6,9-11H2,2H3/t15-,19-/m0/s1. The molecule has 0 radical (unpaired) electrons. The second kappa shape index (κ2) is 5.95. The minimum Gasteiger partial charge on any atom is -0.497 e. The predicted octanol–water partition coefficient (Wildman–Crippen LogP) is 3.65. The van der Waals surface area contributed by atoms with Crippen LogP contribution in [0.1, 0.15) is 30.1 Å². The molecule has 2 bridgehead atoms. The molecule has 0 N–H and O–H groups in total. The van der Waals surface area contributed by atoms with Crippen LogP contribution in [-0.2, 0) is 6.42 Å². The van der Waals surface area contributed by atoms with Crippen molar-refractivity contribution < 1.29 is 4.74 Å². The Kier molecular flexibility index (Phi) is 3.57. The van der Waals surface area contributed by atoms with Gasteiger partial charge < -0.3 is 4.74 Å². The number of nitrogens with zero attached hydrogens (tertiary/aromatic N) is 4.